The van der Waals surface area contributed by atoms with Crippen LogP contribution in [-0.4, -0.2) is 48.6 Å². The van der Waals surface area contributed by atoms with Crippen molar-refractivity contribution < 1.29 is 0 Å². The van der Waals surface area contributed by atoms with E-state index in [1.165, 1.54) is 26.2 Å². The monoisotopic (exact) mass is 182 g/mol. The molecule has 2 fully saturated rings. The summed E-state index contributed by atoms with van der Waals surface area (Å²) in [6.45, 7) is 12.3. The molecule has 13 heavy (non-hydrogen) atoms. The standard InChI is InChI=1S/C11H22N2/c1-11(2,3)13-7-9-5-12(4)6-10(9)8-13/h9-10H,5-8H2,1-4H3/t9-,10+. The molecule has 0 aromatic rings. The van der Waals surface area contributed by atoms with Crippen LogP contribution in [-0.2, 0) is 0 Å². The molecule has 76 valence electrons. The number of likely N-dealkylation sites (tertiary alicyclic amines) is 2. The van der Waals surface area contributed by atoms with Gasteiger partial charge in [0.2, 0.25) is 0 Å². The molecule has 0 saturated carbocycles. The Labute approximate surface area is 81.9 Å². The van der Waals surface area contributed by atoms with Crippen LogP contribution in [0.15, 0.2) is 0 Å². The molecule has 2 aliphatic heterocycles. The van der Waals surface area contributed by atoms with Crippen molar-refractivity contribution in [2.75, 3.05) is 33.2 Å². The maximum Gasteiger partial charge on any atom is 0.0125 e. The molecule has 0 aliphatic carbocycles. The zero-order chi connectivity index (χ0) is 9.64. The van der Waals surface area contributed by atoms with Crippen LogP contribution in [0.1, 0.15) is 20.8 Å². The Balaban J connectivity index is 1.98. The summed E-state index contributed by atoms with van der Waals surface area (Å²) in [5.74, 6) is 1.90. The predicted octanol–water partition coefficient (Wildman–Crippen LogP) is 1.28. The molecule has 0 aromatic carbocycles. The Morgan fingerprint density at radius 2 is 1.38 bits per heavy atom. The van der Waals surface area contributed by atoms with Crippen LogP contribution < -0.4 is 0 Å². The first-order valence-corrected chi connectivity index (χ1v) is 5.40. The van der Waals surface area contributed by atoms with Gasteiger partial charge < -0.3 is 4.90 Å². The van der Waals surface area contributed by atoms with Gasteiger partial charge in [-0.3, -0.25) is 4.90 Å². The van der Waals surface area contributed by atoms with Crippen molar-refractivity contribution in [3.63, 3.8) is 0 Å². The van der Waals surface area contributed by atoms with Gasteiger partial charge in [0.1, 0.15) is 0 Å². The minimum Gasteiger partial charge on any atom is -0.306 e. The van der Waals surface area contributed by atoms with Crippen LogP contribution in [0.3, 0.4) is 0 Å². The van der Waals surface area contributed by atoms with Gasteiger partial charge in [-0.1, -0.05) is 0 Å². The summed E-state index contributed by atoms with van der Waals surface area (Å²) < 4.78 is 0. The molecule has 2 rings (SSSR count). The topological polar surface area (TPSA) is 6.48 Å². The number of hydrogen-bond acceptors (Lipinski definition) is 2. The summed E-state index contributed by atoms with van der Waals surface area (Å²) in [5, 5.41) is 0. The Morgan fingerprint density at radius 3 is 1.77 bits per heavy atom. The van der Waals surface area contributed by atoms with Crippen molar-refractivity contribution in [2.45, 2.75) is 26.3 Å². The van der Waals surface area contributed by atoms with Crippen molar-refractivity contribution in [3.05, 3.63) is 0 Å². The van der Waals surface area contributed by atoms with Crippen molar-refractivity contribution in [2.24, 2.45) is 11.8 Å². The van der Waals surface area contributed by atoms with Crippen molar-refractivity contribution in [1.29, 1.82) is 0 Å². The van der Waals surface area contributed by atoms with Gasteiger partial charge in [-0.05, 0) is 39.7 Å². The molecule has 0 amide bonds. The van der Waals surface area contributed by atoms with Gasteiger partial charge in [0.05, 0.1) is 0 Å². The normalized spacial score (nSPS) is 36.9. The first kappa shape index (κ1) is 9.47. The quantitative estimate of drug-likeness (QED) is 0.557. The van der Waals surface area contributed by atoms with Crippen molar-refractivity contribution >= 4 is 0 Å². The highest BCUT2D eigenvalue weighted by molar-refractivity contribution is 4.95. The summed E-state index contributed by atoms with van der Waals surface area (Å²) in [5.41, 5.74) is 0.378. The molecule has 0 aromatic heterocycles. The zero-order valence-electron chi connectivity index (χ0n) is 9.38. The lowest BCUT2D eigenvalue weighted by molar-refractivity contribution is 0.153. The highest BCUT2D eigenvalue weighted by Gasteiger charge is 2.41. The largest absolute Gasteiger partial charge is 0.306 e. The van der Waals surface area contributed by atoms with E-state index in [0.29, 0.717) is 5.54 Å². The van der Waals surface area contributed by atoms with E-state index >= 15 is 0 Å². The highest BCUT2D eigenvalue weighted by atomic mass is 15.3. The smallest absolute Gasteiger partial charge is 0.0125 e. The van der Waals surface area contributed by atoms with E-state index in [9.17, 15) is 0 Å². The maximum absolute atomic E-state index is 2.65. The average molecular weight is 182 g/mol. The van der Waals surface area contributed by atoms with Gasteiger partial charge in [-0.25, -0.2) is 0 Å². The third kappa shape index (κ3) is 1.75. The number of hydrogen-bond donors (Lipinski definition) is 0. The summed E-state index contributed by atoms with van der Waals surface area (Å²) in [7, 11) is 2.25. The summed E-state index contributed by atoms with van der Waals surface area (Å²) >= 11 is 0. The molecule has 2 nitrogen and oxygen atoms in total. The molecule has 0 unspecified atom stereocenters. The van der Waals surface area contributed by atoms with Gasteiger partial charge in [0, 0.05) is 31.7 Å². The van der Waals surface area contributed by atoms with Gasteiger partial charge in [-0.2, -0.15) is 0 Å². The van der Waals surface area contributed by atoms with E-state index in [-0.39, 0.29) is 0 Å². The van der Waals surface area contributed by atoms with Crippen LogP contribution in [0.4, 0.5) is 0 Å². The first-order chi connectivity index (χ1) is 5.97. The van der Waals surface area contributed by atoms with Crippen LogP contribution in [0.5, 0.6) is 0 Å². The minimum atomic E-state index is 0.378. The van der Waals surface area contributed by atoms with E-state index in [2.05, 4.69) is 37.6 Å². The Kier molecular flexibility index (Phi) is 2.16. The van der Waals surface area contributed by atoms with E-state index in [1.54, 1.807) is 0 Å². The second kappa shape index (κ2) is 2.96. The molecule has 0 bridgehead atoms. The van der Waals surface area contributed by atoms with Crippen LogP contribution in [0.2, 0.25) is 0 Å². The van der Waals surface area contributed by atoms with Crippen LogP contribution in [0.25, 0.3) is 0 Å². The lowest BCUT2D eigenvalue weighted by Gasteiger charge is -2.32. The fraction of sp³-hybridized carbons (Fsp3) is 1.00. The van der Waals surface area contributed by atoms with E-state index in [4.69, 9.17) is 0 Å². The number of nitrogens with zero attached hydrogens (tertiary/aromatic N) is 2. The van der Waals surface area contributed by atoms with Gasteiger partial charge >= 0.3 is 0 Å². The molecule has 2 atom stereocenters. The Morgan fingerprint density at radius 1 is 0.923 bits per heavy atom. The van der Waals surface area contributed by atoms with E-state index in [0.717, 1.165) is 11.8 Å². The number of fused-ring (bicyclic) bond motifs is 1. The highest BCUT2D eigenvalue weighted by Crippen LogP contribution is 2.33. The van der Waals surface area contributed by atoms with Gasteiger partial charge in [0.15, 0.2) is 0 Å². The second-order valence-corrected chi connectivity index (χ2v) is 5.82. The fourth-order valence-electron chi connectivity index (χ4n) is 2.78. The minimum absolute atomic E-state index is 0.378. The average Bonchev–Trinajstić information content (AvgIpc) is 2.40. The third-order valence-electron chi connectivity index (χ3n) is 3.62. The summed E-state index contributed by atoms with van der Waals surface area (Å²) in [6, 6.07) is 0. The molecule has 2 heterocycles. The maximum atomic E-state index is 2.65. The Bertz CT molecular complexity index is 181. The molecule has 0 radical (unpaired) electrons. The summed E-state index contributed by atoms with van der Waals surface area (Å²) in [6.07, 6.45) is 0. The lowest BCUT2D eigenvalue weighted by Crippen LogP contribution is -2.41. The van der Waals surface area contributed by atoms with Crippen molar-refractivity contribution in [3.8, 4) is 0 Å². The fourth-order valence-corrected chi connectivity index (χ4v) is 2.78. The van der Waals surface area contributed by atoms with Crippen LogP contribution in [0, 0.1) is 11.8 Å². The van der Waals surface area contributed by atoms with Gasteiger partial charge in [0.25, 0.3) is 0 Å². The molecule has 0 spiro atoms. The van der Waals surface area contributed by atoms with Crippen LogP contribution >= 0.6 is 0 Å². The SMILES string of the molecule is CN1C[C@@H]2CN(C(C)(C)C)C[C@@H]2C1. The molecule has 0 N–H and O–H groups in total. The third-order valence-corrected chi connectivity index (χ3v) is 3.62. The lowest BCUT2D eigenvalue weighted by atomic mass is 10.0. The molecular weight excluding hydrogens is 160 g/mol. The van der Waals surface area contributed by atoms with Gasteiger partial charge in [-0.15, -0.1) is 0 Å². The predicted molar refractivity (Wildman–Crippen MR) is 55.8 cm³/mol. The molecular formula is C11H22N2. The number of rotatable bonds is 0. The van der Waals surface area contributed by atoms with E-state index < -0.39 is 0 Å². The van der Waals surface area contributed by atoms with Crippen molar-refractivity contribution in [1.82, 2.24) is 9.80 Å². The second-order valence-electron chi connectivity index (χ2n) is 5.82. The molecule has 2 aliphatic rings. The van der Waals surface area contributed by atoms with E-state index in [1.807, 2.05) is 0 Å². The first-order valence-electron chi connectivity index (χ1n) is 5.40. The molecule has 2 saturated heterocycles. The Hall–Kier alpha value is -0.0800. The summed E-state index contributed by atoms with van der Waals surface area (Å²) in [4.78, 5) is 5.13. The zero-order valence-corrected chi connectivity index (χ0v) is 9.38. The molecule has 2 heteroatoms.